The number of Topliss-reactive ketones (excluding diaryl/α,β-unsaturated/α-hetero) is 1. The molecule has 0 radical (unpaired) electrons. The number of aliphatic hydroxyl groups excluding tert-OH is 1. The van der Waals surface area contributed by atoms with Gasteiger partial charge in [0.1, 0.15) is 23.4 Å². The zero-order valence-electron chi connectivity index (χ0n) is 17.8. The fourth-order valence-electron chi connectivity index (χ4n) is 4.69. The van der Waals surface area contributed by atoms with Crippen LogP contribution in [-0.2, 0) is 13.0 Å². The number of ketones is 1. The molecule has 1 unspecified atom stereocenters. The van der Waals surface area contributed by atoms with Gasteiger partial charge in [0.15, 0.2) is 5.78 Å². The molecule has 3 heterocycles. The smallest absolute Gasteiger partial charge is 0.257 e. The number of piperidine rings is 1. The standard InChI is InChI=1S/C23H29N3O5/c1-14-17(23(31)26-9-2-3-19(28)22(26)24-14)8-12-25-10-6-15(7-11-25)21(30)18-5-4-16(27)13-20(18)29/h4-5,13,15,19,27-29H,2-3,6-12H2,1H3. The Hall–Kier alpha value is -2.71. The van der Waals surface area contributed by atoms with Gasteiger partial charge in [-0.2, -0.15) is 0 Å². The number of rotatable bonds is 5. The molecule has 3 N–H and O–H groups in total. The Balaban J connectivity index is 1.37. The molecule has 0 aliphatic carbocycles. The molecular weight excluding hydrogens is 398 g/mol. The summed E-state index contributed by atoms with van der Waals surface area (Å²) in [5, 5.41) is 29.5. The van der Waals surface area contributed by atoms with E-state index in [1.165, 1.54) is 18.2 Å². The number of phenols is 2. The molecular formula is C23H29N3O5. The minimum Gasteiger partial charge on any atom is -0.508 e. The molecule has 2 aromatic rings. The van der Waals surface area contributed by atoms with Crippen molar-refractivity contribution < 1.29 is 20.1 Å². The second-order valence-corrected chi connectivity index (χ2v) is 8.58. The molecule has 1 aromatic heterocycles. The first-order valence-electron chi connectivity index (χ1n) is 10.9. The van der Waals surface area contributed by atoms with Crippen molar-refractivity contribution in [3.63, 3.8) is 0 Å². The van der Waals surface area contributed by atoms with Crippen molar-refractivity contribution in [3.8, 4) is 11.5 Å². The quantitative estimate of drug-likeness (QED) is 0.625. The van der Waals surface area contributed by atoms with Gasteiger partial charge in [0, 0.05) is 36.3 Å². The van der Waals surface area contributed by atoms with Gasteiger partial charge in [0.2, 0.25) is 0 Å². The maximum Gasteiger partial charge on any atom is 0.257 e. The summed E-state index contributed by atoms with van der Waals surface area (Å²) in [5.41, 5.74) is 1.59. The lowest BCUT2D eigenvalue weighted by molar-refractivity contribution is 0.0838. The van der Waals surface area contributed by atoms with Crippen LogP contribution in [0.1, 0.15) is 59.2 Å². The summed E-state index contributed by atoms with van der Waals surface area (Å²) >= 11 is 0. The van der Waals surface area contributed by atoms with Crippen LogP contribution < -0.4 is 5.56 Å². The highest BCUT2D eigenvalue weighted by atomic mass is 16.3. The second-order valence-electron chi connectivity index (χ2n) is 8.58. The summed E-state index contributed by atoms with van der Waals surface area (Å²) in [6, 6.07) is 4.07. The minimum atomic E-state index is -0.668. The second kappa shape index (κ2) is 8.80. The molecule has 0 amide bonds. The third-order valence-corrected chi connectivity index (χ3v) is 6.54. The Labute approximate surface area is 180 Å². The summed E-state index contributed by atoms with van der Waals surface area (Å²) in [6.45, 7) is 4.63. The van der Waals surface area contributed by atoms with Crippen molar-refractivity contribution in [3.05, 3.63) is 51.2 Å². The molecule has 8 heteroatoms. The molecule has 166 valence electrons. The Bertz CT molecular complexity index is 1040. The zero-order valence-corrected chi connectivity index (χ0v) is 17.8. The SMILES string of the molecule is Cc1nc2n(c(=O)c1CCN1CCC(C(=O)c3ccc(O)cc3O)CC1)CCCC2O. The molecule has 0 saturated carbocycles. The predicted molar refractivity (Wildman–Crippen MR) is 114 cm³/mol. The van der Waals surface area contributed by atoms with Gasteiger partial charge in [-0.1, -0.05) is 0 Å². The van der Waals surface area contributed by atoms with Crippen LogP contribution in [0.3, 0.4) is 0 Å². The van der Waals surface area contributed by atoms with Gasteiger partial charge in [0.05, 0.1) is 5.56 Å². The van der Waals surface area contributed by atoms with E-state index >= 15 is 0 Å². The molecule has 4 rings (SSSR count). The van der Waals surface area contributed by atoms with Gasteiger partial charge in [0.25, 0.3) is 5.56 Å². The van der Waals surface area contributed by atoms with E-state index in [-0.39, 0.29) is 34.3 Å². The van der Waals surface area contributed by atoms with Crippen LogP contribution in [0.4, 0.5) is 0 Å². The summed E-state index contributed by atoms with van der Waals surface area (Å²) < 4.78 is 1.62. The third kappa shape index (κ3) is 4.36. The number of aryl methyl sites for hydroxylation is 1. The van der Waals surface area contributed by atoms with Crippen LogP contribution in [-0.4, -0.2) is 55.2 Å². The van der Waals surface area contributed by atoms with E-state index in [0.717, 1.165) is 19.5 Å². The lowest BCUT2D eigenvalue weighted by atomic mass is 9.88. The number of nitrogens with zero attached hydrogens (tertiary/aromatic N) is 3. The van der Waals surface area contributed by atoms with Crippen LogP contribution in [0.2, 0.25) is 0 Å². The Morgan fingerprint density at radius 2 is 1.90 bits per heavy atom. The van der Waals surface area contributed by atoms with Crippen molar-refractivity contribution >= 4 is 5.78 Å². The van der Waals surface area contributed by atoms with Crippen molar-refractivity contribution in [2.75, 3.05) is 19.6 Å². The molecule has 1 atom stereocenters. The number of aromatic nitrogens is 2. The molecule has 1 saturated heterocycles. The van der Waals surface area contributed by atoms with Crippen LogP contribution in [0.15, 0.2) is 23.0 Å². The highest BCUT2D eigenvalue weighted by Crippen LogP contribution is 2.29. The number of carbonyl (C=O) groups excluding carboxylic acids is 1. The predicted octanol–water partition coefficient (Wildman–Crippen LogP) is 1.93. The molecule has 2 aliphatic heterocycles. The fourth-order valence-corrected chi connectivity index (χ4v) is 4.69. The number of phenolic OH excluding ortho intramolecular Hbond substituents is 2. The van der Waals surface area contributed by atoms with Crippen LogP contribution in [0.25, 0.3) is 0 Å². The number of likely N-dealkylation sites (tertiary alicyclic amines) is 1. The maximum absolute atomic E-state index is 12.9. The van der Waals surface area contributed by atoms with Crippen molar-refractivity contribution in [1.82, 2.24) is 14.5 Å². The Morgan fingerprint density at radius 1 is 1.16 bits per heavy atom. The van der Waals surface area contributed by atoms with E-state index in [4.69, 9.17) is 0 Å². The van der Waals surface area contributed by atoms with Gasteiger partial charge in [-0.3, -0.25) is 14.2 Å². The summed E-state index contributed by atoms with van der Waals surface area (Å²) in [6.07, 6.45) is 2.71. The Kier molecular flexibility index (Phi) is 6.11. The van der Waals surface area contributed by atoms with Crippen LogP contribution >= 0.6 is 0 Å². The van der Waals surface area contributed by atoms with Crippen LogP contribution in [0, 0.1) is 12.8 Å². The summed E-state index contributed by atoms with van der Waals surface area (Å²) in [4.78, 5) is 32.4. The number of benzene rings is 1. The first-order chi connectivity index (χ1) is 14.8. The average Bonchev–Trinajstić information content (AvgIpc) is 2.74. The topological polar surface area (TPSA) is 116 Å². The Morgan fingerprint density at radius 3 is 2.61 bits per heavy atom. The number of aromatic hydroxyl groups is 2. The molecule has 31 heavy (non-hydrogen) atoms. The van der Waals surface area contributed by atoms with E-state index in [0.29, 0.717) is 55.9 Å². The number of carbonyl (C=O) groups is 1. The minimum absolute atomic E-state index is 0.0471. The molecule has 0 bridgehead atoms. The van der Waals surface area contributed by atoms with Gasteiger partial charge in [-0.15, -0.1) is 0 Å². The average molecular weight is 428 g/mol. The number of hydrogen-bond acceptors (Lipinski definition) is 7. The van der Waals surface area contributed by atoms with Crippen molar-refractivity contribution in [2.45, 2.75) is 51.7 Å². The van der Waals surface area contributed by atoms with E-state index in [1.807, 2.05) is 6.92 Å². The van der Waals surface area contributed by atoms with E-state index in [2.05, 4.69) is 9.88 Å². The van der Waals surface area contributed by atoms with Crippen molar-refractivity contribution in [1.29, 1.82) is 0 Å². The lowest BCUT2D eigenvalue weighted by Crippen LogP contribution is -2.39. The van der Waals surface area contributed by atoms with Gasteiger partial charge in [-0.05, 0) is 64.3 Å². The number of hydrogen-bond donors (Lipinski definition) is 3. The van der Waals surface area contributed by atoms with Gasteiger partial charge >= 0.3 is 0 Å². The zero-order chi connectivity index (χ0) is 22.1. The van der Waals surface area contributed by atoms with Gasteiger partial charge < -0.3 is 20.2 Å². The molecule has 0 spiro atoms. The number of aliphatic hydroxyl groups is 1. The first-order valence-corrected chi connectivity index (χ1v) is 10.9. The maximum atomic E-state index is 12.9. The molecule has 2 aliphatic rings. The normalized spacial score (nSPS) is 19.9. The highest BCUT2D eigenvalue weighted by Gasteiger charge is 2.28. The van der Waals surface area contributed by atoms with E-state index in [1.54, 1.807) is 4.57 Å². The first kappa shape index (κ1) is 21.5. The molecule has 1 aromatic carbocycles. The lowest BCUT2D eigenvalue weighted by Gasteiger charge is -2.31. The molecule has 8 nitrogen and oxygen atoms in total. The van der Waals surface area contributed by atoms with E-state index in [9.17, 15) is 24.9 Å². The fraction of sp³-hybridized carbons (Fsp3) is 0.522. The molecule has 1 fully saturated rings. The van der Waals surface area contributed by atoms with Crippen LogP contribution in [0.5, 0.6) is 11.5 Å². The summed E-state index contributed by atoms with van der Waals surface area (Å²) in [5.74, 6) is -0.0291. The highest BCUT2D eigenvalue weighted by molar-refractivity contribution is 6.00. The van der Waals surface area contributed by atoms with Gasteiger partial charge in [-0.25, -0.2) is 4.98 Å². The summed E-state index contributed by atoms with van der Waals surface area (Å²) in [7, 11) is 0. The monoisotopic (exact) mass is 427 g/mol. The third-order valence-electron chi connectivity index (χ3n) is 6.54. The van der Waals surface area contributed by atoms with E-state index < -0.39 is 6.10 Å². The largest absolute Gasteiger partial charge is 0.508 e. The van der Waals surface area contributed by atoms with Crippen molar-refractivity contribution in [2.24, 2.45) is 5.92 Å². The number of fused-ring (bicyclic) bond motifs is 1.